The lowest BCUT2D eigenvalue weighted by Crippen LogP contribution is -2.31. The Morgan fingerprint density at radius 1 is 1.19 bits per heavy atom. The number of methoxy groups -OCH3 is 1. The van der Waals surface area contributed by atoms with E-state index in [0.29, 0.717) is 18.7 Å². The van der Waals surface area contributed by atoms with Crippen molar-refractivity contribution in [2.45, 2.75) is 13.1 Å². The van der Waals surface area contributed by atoms with Crippen LogP contribution in [0.25, 0.3) is 0 Å². The minimum atomic E-state index is -0.299. The van der Waals surface area contributed by atoms with Crippen molar-refractivity contribution in [1.29, 1.82) is 0 Å². The highest BCUT2D eigenvalue weighted by Gasteiger charge is 2.15. The Morgan fingerprint density at radius 2 is 1.88 bits per heavy atom. The molecule has 2 rings (SSSR count). The summed E-state index contributed by atoms with van der Waals surface area (Å²) in [5.74, 6) is -0.463. The molecule has 138 valence electrons. The molecule has 1 heterocycles. The number of nitrogens with one attached hydrogen (secondary N) is 1. The van der Waals surface area contributed by atoms with Gasteiger partial charge < -0.3 is 15.0 Å². The molecule has 26 heavy (non-hydrogen) atoms. The smallest absolute Gasteiger partial charge is 0.274 e. The van der Waals surface area contributed by atoms with Gasteiger partial charge in [0.15, 0.2) is 0 Å². The fraction of sp³-hybridized carbons (Fsp3) is 0.333. The number of carbonyl (C=O) groups excluding carboxylic acids is 2. The highest BCUT2D eigenvalue weighted by atomic mass is 16.5. The lowest BCUT2D eigenvalue weighted by atomic mass is 10.1. The third-order valence-electron chi connectivity index (χ3n) is 3.80. The number of hydrogen-bond acceptors (Lipinski definition) is 5. The molecule has 0 aliphatic heterocycles. The molecular weight excluding hydrogens is 336 g/mol. The van der Waals surface area contributed by atoms with Gasteiger partial charge in [-0.1, -0.05) is 12.1 Å². The van der Waals surface area contributed by atoms with Gasteiger partial charge in [-0.05, 0) is 23.8 Å². The molecule has 2 aromatic rings. The van der Waals surface area contributed by atoms with Gasteiger partial charge in [-0.2, -0.15) is 5.10 Å². The van der Waals surface area contributed by atoms with Gasteiger partial charge in [0.25, 0.3) is 17.4 Å². The molecule has 0 aliphatic rings. The van der Waals surface area contributed by atoms with E-state index in [2.05, 4.69) is 10.4 Å². The Hall–Kier alpha value is -3.00. The monoisotopic (exact) mass is 358 g/mol. The topological polar surface area (TPSA) is 93.5 Å². The largest absolute Gasteiger partial charge is 0.383 e. The average molecular weight is 358 g/mol. The molecule has 2 amide bonds. The van der Waals surface area contributed by atoms with Crippen LogP contribution in [0, 0.1) is 0 Å². The van der Waals surface area contributed by atoms with Crippen LogP contribution in [-0.2, 0) is 17.8 Å². The first-order valence-corrected chi connectivity index (χ1v) is 8.10. The number of benzene rings is 1. The third kappa shape index (κ3) is 4.76. The maximum atomic E-state index is 12.6. The molecule has 0 aliphatic carbocycles. The molecule has 1 aromatic carbocycles. The van der Waals surface area contributed by atoms with Crippen LogP contribution in [-0.4, -0.2) is 54.3 Å². The predicted octanol–water partition coefficient (Wildman–Crippen LogP) is 0.522. The van der Waals surface area contributed by atoms with E-state index >= 15 is 0 Å². The first-order valence-electron chi connectivity index (χ1n) is 8.10. The van der Waals surface area contributed by atoms with Gasteiger partial charge in [-0.15, -0.1) is 0 Å². The first kappa shape index (κ1) is 19.3. The van der Waals surface area contributed by atoms with Gasteiger partial charge in [-0.25, -0.2) is 4.68 Å². The number of amides is 2. The van der Waals surface area contributed by atoms with E-state index in [1.54, 1.807) is 38.4 Å². The zero-order valence-electron chi connectivity index (χ0n) is 15.1. The maximum absolute atomic E-state index is 12.6. The Bertz CT molecular complexity index is 830. The molecule has 0 spiro atoms. The number of rotatable bonds is 7. The summed E-state index contributed by atoms with van der Waals surface area (Å²) in [6.07, 6.45) is 0. The molecule has 1 N–H and O–H groups in total. The summed E-state index contributed by atoms with van der Waals surface area (Å²) in [5, 5.41) is 6.66. The Balaban J connectivity index is 2.09. The standard InChI is InChI=1S/C18H22N4O4/c1-19-17(24)14-6-4-13(5-7-14)12-21(2)18(25)15-8-9-16(23)22(20-15)10-11-26-3/h4-9H,10-12H2,1-3H3,(H,19,24). The highest BCUT2D eigenvalue weighted by molar-refractivity contribution is 5.94. The molecule has 0 bridgehead atoms. The Labute approximate surface area is 151 Å². The minimum Gasteiger partial charge on any atom is -0.383 e. The van der Waals surface area contributed by atoms with E-state index in [1.807, 2.05) is 0 Å². The minimum absolute atomic E-state index is 0.163. The SMILES string of the molecule is CNC(=O)c1ccc(CN(C)C(=O)c2ccc(=O)n(CCOC)n2)cc1. The van der Waals surface area contributed by atoms with Gasteiger partial charge in [0.2, 0.25) is 0 Å². The van der Waals surface area contributed by atoms with E-state index in [-0.39, 0.29) is 29.6 Å². The summed E-state index contributed by atoms with van der Waals surface area (Å²) < 4.78 is 6.15. The molecule has 0 radical (unpaired) electrons. The van der Waals surface area contributed by atoms with Crippen molar-refractivity contribution >= 4 is 11.8 Å². The number of ether oxygens (including phenoxy) is 1. The van der Waals surface area contributed by atoms with Crippen molar-refractivity contribution in [2.75, 3.05) is 27.8 Å². The summed E-state index contributed by atoms with van der Waals surface area (Å²) in [7, 11) is 4.76. The zero-order chi connectivity index (χ0) is 19.1. The van der Waals surface area contributed by atoms with Crippen LogP contribution in [0.15, 0.2) is 41.2 Å². The van der Waals surface area contributed by atoms with Crippen molar-refractivity contribution in [3.05, 3.63) is 63.6 Å². The van der Waals surface area contributed by atoms with Gasteiger partial charge in [0, 0.05) is 39.4 Å². The lowest BCUT2D eigenvalue weighted by molar-refractivity contribution is 0.0775. The van der Waals surface area contributed by atoms with Crippen LogP contribution < -0.4 is 10.9 Å². The molecule has 0 saturated carbocycles. The van der Waals surface area contributed by atoms with Crippen LogP contribution in [0.3, 0.4) is 0 Å². The number of carbonyl (C=O) groups is 2. The molecule has 1 aromatic heterocycles. The van der Waals surface area contributed by atoms with Crippen LogP contribution in [0.2, 0.25) is 0 Å². The zero-order valence-corrected chi connectivity index (χ0v) is 15.1. The summed E-state index contributed by atoms with van der Waals surface area (Å²) >= 11 is 0. The van der Waals surface area contributed by atoms with E-state index in [9.17, 15) is 14.4 Å². The molecule has 8 nitrogen and oxygen atoms in total. The van der Waals surface area contributed by atoms with Crippen LogP contribution in [0.4, 0.5) is 0 Å². The second-order valence-corrected chi connectivity index (χ2v) is 5.71. The second-order valence-electron chi connectivity index (χ2n) is 5.71. The summed E-state index contributed by atoms with van der Waals surface area (Å²) in [5.41, 5.74) is 1.33. The van der Waals surface area contributed by atoms with Gasteiger partial charge in [-0.3, -0.25) is 14.4 Å². The van der Waals surface area contributed by atoms with Gasteiger partial charge in [0.05, 0.1) is 13.2 Å². The number of nitrogens with zero attached hydrogens (tertiary/aromatic N) is 3. The van der Waals surface area contributed by atoms with Crippen LogP contribution >= 0.6 is 0 Å². The van der Waals surface area contributed by atoms with Crippen molar-refractivity contribution in [1.82, 2.24) is 20.0 Å². The molecular formula is C18H22N4O4. The average Bonchev–Trinajstić information content (AvgIpc) is 2.66. The molecule has 0 fully saturated rings. The van der Waals surface area contributed by atoms with E-state index < -0.39 is 0 Å². The van der Waals surface area contributed by atoms with Crippen LogP contribution in [0.5, 0.6) is 0 Å². The lowest BCUT2D eigenvalue weighted by Gasteiger charge is -2.17. The summed E-state index contributed by atoms with van der Waals surface area (Å²) in [4.78, 5) is 37.4. The van der Waals surface area contributed by atoms with Gasteiger partial charge >= 0.3 is 0 Å². The summed E-state index contributed by atoms with van der Waals surface area (Å²) in [6, 6.07) is 9.73. The third-order valence-corrected chi connectivity index (χ3v) is 3.80. The molecule has 0 unspecified atom stereocenters. The van der Waals surface area contributed by atoms with Crippen molar-refractivity contribution < 1.29 is 14.3 Å². The van der Waals surface area contributed by atoms with E-state index in [0.717, 1.165) is 5.56 Å². The normalized spacial score (nSPS) is 10.4. The van der Waals surface area contributed by atoms with Crippen molar-refractivity contribution in [2.24, 2.45) is 0 Å². The predicted molar refractivity (Wildman–Crippen MR) is 96.0 cm³/mol. The number of aromatic nitrogens is 2. The van der Waals surface area contributed by atoms with Crippen molar-refractivity contribution in [3.8, 4) is 0 Å². The summed E-state index contributed by atoms with van der Waals surface area (Å²) in [6.45, 7) is 0.963. The number of hydrogen-bond donors (Lipinski definition) is 1. The van der Waals surface area contributed by atoms with Crippen molar-refractivity contribution in [3.63, 3.8) is 0 Å². The maximum Gasteiger partial charge on any atom is 0.274 e. The Morgan fingerprint density at radius 3 is 2.50 bits per heavy atom. The van der Waals surface area contributed by atoms with Crippen LogP contribution in [0.1, 0.15) is 26.4 Å². The van der Waals surface area contributed by atoms with E-state index in [1.165, 1.54) is 28.8 Å². The molecule has 0 saturated heterocycles. The quantitative estimate of drug-likeness (QED) is 0.779. The first-order chi connectivity index (χ1) is 12.5. The Kier molecular flexibility index (Phi) is 6.62. The fourth-order valence-corrected chi connectivity index (χ4v) is 2.35. The van der Waals surface area contributed by atoms with Gasteiger partial charge in [0.1, 0.15) is 5.69 Å². The highest BCUT2D eigenvalue weighted by Crippen LogP contribution is 2.09. The van der Waals surface area contributed by atoms with E-state index in [4.69, 9.17) is 4.74 Å². The molecule has 8 heteroatoms. The fourth-order valence-electron chi connectivity index (χ4n) is 2.35. The molecule has 0 atom stereocenters. The second kappa shape index (κ2) is 8.91.